The Hall–Kier alpha value is -1.29. The lowest BCUT2D eigenvalue weighted by Crippen LogP contribution is -2.20. The summed E-state index contributed by atoms with van der Waals surface area (Å²) in [4.78, 5) is 0. The van der Waals surface area contributed by atoms with Crippen LogP contribution in [0.3, 0.4) is 0 Å². The molecule has 1 aliphatic carbocycles. The van der Waals surface area contributed by atoms with Gasteiger partial charge in [0, 0.05) is 23.2 Å². The van der Waals surface area contributed by atoms with E-state index in [1.807, 2.05) is 0 Å². The lowest BCUT2D eigenvalue weighted by Gasteiger charge is -2.13. The summed E-state index contributed by atoms with van der Waals surface area (Å²) in [6.45, 7) is 0. The number of methoxy groups -OCH3 is 1. The molecular weight excluding hydrogens is 185 g/mol. The number of nitrogens with two attached hydrogens (primary N) is 1. The van der Waals surface area contributed by atoms with E-state index >= 15 is 0 Å². The molecule has 0 spiro atoms. The maximum atomic E-state index is 13.5. The van der Waals surface area contributed by atoms with Crippen molar-refractivity contribution in [1.29, 1.82) is 0 Å². The molecule has 1 aliphatic rings. The minimum absolute atomic E-state index is 0.123. The minimum atomic E-state index is -0.666. The fourth-order valence-electron chi connectivity index (χ4n) is 1.56. The second kappa shape index (κ2) is 2.85. The van der Waals surface area contributed by atoms with Crippen LogP contribution >= 0.6 is 0 Å². The molecule has 1 aromatic carbocycles. The predicted molar refractivity (Wildman–Crippen MR) is 49.7 cm³/mol. The van der Waals surface area contributed by atoms with Crippen molar-refractivity contribution in [2.75, 3.05) is 7.11 Å². The Bertz CT molecular complexity index is 351. The van der Waals surface area contributed by atoms with Gasteiger partial charge in [-0.15, -0.1) is 0 Å². The molecule has 0 heterocycles. The Kier molecular flexibility index (Phi) is 1.89. The molecule has 4 heteroatoms. The smallest absolute Gasteiger partial charge is 0.135 e. The lowest BCUT2D eigenvalue weighted by molar-refractivity contribution is 0.396. The number of rotatable bonds is 2. The van der Waals surface area contributed by atoms with Gasteiger partial charge in [-0.05, 0) is 12.8 Å². The number of hydrogen-bond donors (Lipinski definition) is 2. The van der Waals surface area contributed by atoms with Gasteiger partial charge in [0.15, 0.2) is 0 Å². The van der Waals surface area contributed by atoms with Crippen molar-refractivity contribution in [2.24, 2.45) is 5.73 Å². The van der Waals surface area contributed by atoms with Crippen LogP contribution in [0.25, 0.3) is 0 Å². The van der Waals surface area contributed by atoms with E-state index in [0.29, 0.717) is 18.6 Å². The summed E-state index contributed by atoms with van der Waals surface area (Å²) in [6, 6.07) is 2.62. The fourth-order valence-corrected chi connectivity index (χ4v) is 1.56. The van der Waals surface area contributed by atoms with Crippen LogP contribution in [0.15, 0.2) is 12.1 Å². The van der Waals surface area contributed by atoms with Crippen LogP contribution in [0.5, 0.6) is 11.5 Å². The van der Waals surface area contributed by atoms with Gasteiger partial charge in [0.05, 0.1) is 7.11 Å². The molecule has 0 amide bonds. The first kappa shape index (κ1) is 9.27. The molecule has 0 aliphatic heterocycles. The summed E-state index contributed by atoms with van der Waals surface area (Å²) in [5.74, 6) is -0.322. The first-order valence-electron chi connectivity index (χ1n) is 4.43. The van der Waals surface area contributed by atoms with Crippen LogP contribution in [0, 0.1) is 5.82 Å². The van der Waals surface area contributed by atoms with Crippen LogP contribution in [-0.4, -0.2) is 12.2 Å². The van der Waals surface area contributed by atoms with Crippen LogP contribution < -0.4 is 10.5 Å². The van der Waals surface area contributed by atoms with E-state index in [-0.39, 0.29) is 11.3 Å². The Morgan fingerprint density at radius 1 is 1.50 bits per heavy atom. The van der Waals surface area contributed by atoms with E-state index in [0.717, 1.165) is 0 Å². The SMILES string of the molecule is COc1cc(O)c(C2(N)CC2)c(F)c1. The molecule has 1 fully saturated rings. The van der Waals surface area contributed by atoms with Crippen molar-refractivity contribution in [3.8, 4) is 11.5 Å². The normalized spacial score (nSPS) is 17.9. The van der Waals surface area contributed by atoms with Crippen LogP contribution in [0.2, 0.25) is 0 Å². The standard InChI is InChI=1S/C10H12FNO2/c1-14-6-4-7(11)9(8(13)5-6)10(12)2-3-10/h4-5,13H,2-3,12H2,1H3. The minimum Gasteiger partial charge on any atom is -0.507 e. The first-order valence-corrected chi connectivity index (χ1v) is 4.43. The number of aromatic hydroxyl groups is 1. The van der Waals surface area contributed by atoms with Gasteiger partial charge in [-0.2, -0.15) is 0 Å². The van der Waals surface area contributed by atoms with E-state index in [1.165, 1.54) is 19.2 Å². The van der Waals surface area contributed by atoms with E-state index in [4.69, 9.17) is 10.5 Å². The highest BCUT2D eigenvalue weighted by atomic mass is 19.1. The number of phenols is 1. The van der Waals surface area contributed by atoms with Gasteiger partial charge in [-0.3, -0.25) is 0 Å². The average molecular weight is 197 g/mol. The number of ether oxygens (including phenoxy) is 1. The third kappa shape index (κ3) is 1.32. The second-order valence-corrected chi connectivity index (χ2v) is 3.66. The van der Waals surface area contributed by atoms with Crippen molar-refractivity contribution in [1.82, 2.24) is 0 Å². The molecule has 3 N–H and O–H groups in total. The van der Waals surface area contributed by atoms with Gasteiger partial charge in [0.1, 0.15) is 17.3 Å². The zero-order chi connectivity index (χ0) is 10.3. The van der Waals surface area contributed by atoms with Gasteiger partial charge in [-0.25, -0.2) is 4.39 Å². The average Bonchev–Trinajstić information content (AvgIpc) is 2.82. The quantitative estimate of drug-likeness (QED) is 0.755. The Labute approximate surface area is 81.3 Å². The summed E-state index contributed by atoms with van der Waals surface area (Å²) < 4.78 is 18.3. The molecule has 1 aromatic rings. The highest BCUT2D eigenvalue weighted by Gasteiger charge is 2.44. The van der Waals surface area contributed by atoms with Gasteiger partial charge in [-0.1, -0.05) is 0 Å². The van der Waals surface area contributed by atoms with Crippen molar-refractivity contribution >= 4 is 0 Å². The Morgan fingerprint density at radius 2 is 2.14 bits per heavy atom. The number of benzene rings is 1. The summed E-state index contributed by atoms with van der Waals surface area (Å²) in [6.07, 6.45) is 1.42. The predicted octanol–water partition coefficient (Wildman–Crippen LogP) is 1.49. The molecule has 0 saturated heterocycles. The lowest BCUT2D eigenvalue weighted by atomic mass is 10.0. The third-order valence-corrected chi connectivity index (χ3v) is 2.57. The summed E-state index contributed by atoms with van der Waals surface area (Å²) in [5.41, 5.74) is 5.36. The molecule has 1 saturated carbocycles. The van der Waals surface area contributed by atoms with Gasteiger partial charge < -0.3 is 15.6 Å². The molecule has 0 unspecified atom stereocenters. The molecule has 3 nitrogen and oxygen atoms in total. The zero-order valence-electron chi connectivity index (χ0n) is 7.88. The van der Waals surface area contributed by atoms with E-state index in [1.54, 1.807) is 0 Å². The molecule has 0 aromatic heterocycles. The third-order valence-electron chi connectivity index (χ3n) is 2.57. The molecule has 0 radical (unpaired) electrons. The van der Waals surface area contributed by atoms with Crippen LogP contribution in [0.4, 0.5) is 4.39 Å². The Morgan fingerprint density at radius 3 is 2.57 bits per heavy atom. The highest BCUT2D eigenvalue weighted by molar-refractivity contribution is 5.47. The molecular formula is C10H12FNO2. The largest absolute Gasteiger partial charge is 0.507 e. The molecule has 76 valence electrons. The second-order valence-electron chi connectivity index (χ2n) is 3.66. The molecule has 0 bridgehead atoms. The summed E-state index contributed by atoms with van der Waals surface area (Å²) >= 11 is 0. The number of halogens is 1. The van der Waals surface area contributed by atoms with E-state index in [9.17, 15) is 9.50 Å². The number of phenolic OH excluding ortho intramolecular Hbond substituents is 1. The van der Waals surface area contributed by atoms with Gasteiger partial charge in [0.2, 0.25) is 0 Å². The van der Waals surface area contributed by atoms with Gasteiger partial charge in [0.25, 0.3) is 0 Å². The first-order chi connectivity index (χ1) is 6.57. The van der Waals surface area contributed by atoms with Crippen molar-refractivity contribution in [3.63, 3.8) is 0 Å². The fraction of sp³-hybridized carbons (Fsp3) is 0.400. The van der Waals surface area contributed by atoms with Crippen LogP contribution in [0.1, 0.15) is 18.4 Å². The molecule has 0 atom stereocenters. The topological polar surface area (TPSA) is 55.5 Å². The highest BCUT2D eigenvalue weighted by Crippen LogP contribution is 2.48. The van der Waals surface area contributed by atoms with Crippen molar-refractivity contribution < 1.29 is 14.2 Å². The maximum absolute atomic E-state index is 13.5. The monoisotopic (exact) mass is 197 g/mol. The summed E-state index contributed by atoms with van der Waals surface area (Å²) in [5, 5.41) is 9.58. The Balaban J connectivity index is 2.50. The maximum Gasteiger partial charge on any atom is 0.135 e. The van der Waals surface area contributed by atoms with E-state index < -0.39 is 11.4 Å². The van der Waals surface area contributed by atoms with E-state index in [2.05, 4.69) is 0 Å². The van der Waals surface area contributed by atoms with Gasteiger partial charge >= 0.3 is 0 Å². The molecule has 14 heavy (non-hydrogen) atoms. The van der Waals surface area contributed by atoms with Crippen molar-refractivity contribution in [2.45, 2.75) is 18.4 Å². The summed E-state index contributed by atoms with van der Waals surface area (Å²) in [7, 11) is 1.42. The number of hydrogen-bond acceptors (Lipinski definition) is 3. The van der Waals surface area contributed by atoms with Crippen LogP contribution in [-0.2, 0) is 5.54 Å². The molecule has 2 rings (SSSR count). The zero-order valence-corrected chi connectivity index (χ0v) is 7.88. The van der Waals surface area contributed by atoms with Crippen molar-refractivity contribution in [3.05, 3.63) is 23.5 Å².